The predicted molar refractivity (Wildman–Crippen MR) is 81.0 cm³/mol. The Bertz CT molecular complexity index is 453. The molecule has 0 aliphatic heterocycles. The van der Waals surface area contributed by atoms with E-state index < -0.39 is 0 Å². The standard InChI is InChI=1S/C15H28N4O/c1-15(2)9-11(15)13(16-3)14-12(20-6)10-17-19(14)8-7-18(4)5/h10-11,13,16H,7-9H2,1-6H3. The van der Waals surface area contributed by atoms with Crippen LogP contribution in [0.15, 0.2) is 6.20 Å². The summed E-state index contributed by atoms with van der Waals surface area (Å²) in [6, 6.07) is 0.310. The van der Waals surface area contributed by atoms with E-state index in [-0.39, 0.29) is 0 Å². The van der Waals surface area contributed by atoms with Crippen LogP contribution in [0.4, 0.5) is 0 Å². The van der Waals surface area contributed by atoms with Gasteiger partial charge in [0.2, 0.25) is 0 Å². The molecule has 1 fully saturated rings. The van der Waals surface area contributed by atoms with Crippen molar-refractivity contribution in [1.82, 2.24) is 20.0 Å². The maximum Gasteiger partial charge on any atom is 0.161 e. The van der Waals surface area contributed by atoms with Crippen LogP contribution in [0, 0.1) is 11.3 Å². The first kappa shape index (κ1) is 15.3. The number of hydrogen-bond acceptors (Lipinski definition) is 4. The van der Waals surface area contributed by atoms with E-state index in [0.717, 1.165) is 18.8 Å². The summed E-state index contributed by atoms with van der Waals surface area (Å²) in [5, 5.41) is 7.98. The van der Waals surface area contributed by atoms with E-state index in [1.165, 1.54) is 12.1 Å². The first-order valence-electron chi connectivity index (χ1n) is 7.32. The Kier molecular flexibility index (Phi) is 4.39. The van der Waals surface area contributed by atoms with Gasteiger partial charge < -0.3 is 15.0 Å². The highest BCUT2D eigenvalue weighted by atomic mass is 16.5. The van der Waals surface area contributed by atoms with Crippen molar-refractivity contribution in [3.8, 4) is 5.75 Å². The van der Waals surface area contributed by atoms with Crippen LogP contribution in [0.5, 0.6) is 5.75 Å². The maximum atomic E-state index is 5.52. The molecule has 1 heterocycles. The van der Waals surface area contributed by atoms with Gasteiger partial charge in [0, 0.05) is 6.54 Å². The van der Waals surface area contributed by atoms with Crippen molar-refractivity contribution in [1.29, 1.82) is 0 Å². The Balaban J connectivity index is 2.25. The number of ether oxygens (including phenoxy) is 1. The second kappa shape index (κ2) is 5.74. The smallest absolute Gasteiger partial charge is 0.161 e. The molecule has 5 nitrogen and oxygen atoms in total. The van der Waals surface area contributed by atoms with Crippen molar-refractivity contribution in [2.24, 2.45) is 11.3 Å². The summed E-state index contributed by atoms with van der Waals surface area (Å²) in [5.74, 6) is 1.54. The average molecular weight is 280 g/mol. The highest BCUT2D eigenvalue weighted by molar-refractivity contribution is 5.31. The maximum absolute atomic E-state index is 5.52. The second-order valence-corrected chi connectivity index (χ2v) is 6.69. The van der Waals surface area contributed by atoms with Crippen LogP contribution in [0.3, 0.4) is 0 Å². The Morgan fingerprint density at radius 1 is 1.55 bits per heavy atom. The first-order valence-corrected chi connectivity index (χ1v) is 7.32. The third-order valence-corrected chi connectivity index (χ3v) is 4.42. The Labute approximate surface area is 122 Å². The number of rotatable bonds is 7. The summed E-state index contributed by atoms with van der Waals surface area (Å²) in [6.07, 6.45) is 3.09. The number of hydrogen-bond donors (Lipinski definition) is 1. The lowest BCUT2D eigenvalue weighted by Crippen LogP contribution is -2.27. The molecule has 20 heavy (non-hydrogen) atoms. The highest BCUT2D eigenvalue weighted by Gasteiger charge is 2.51. The van der Waals surface area contributed by atoms with E-state index in [2.05, 4.69) is 47.9 Å². The fourth-order valence-electron chi connectivity index (χ4n) is 2.93. The van der Waals surface area contributed by atoms with Gasteiger partial charge in [0.05, 0.1) is 31.6 Å². The van der Waals surface area contributed by atoms with E-state index in [0.29, 0.717) is 17.4 Å². The average Bonchev–Trinajstić information content (AvgIpc) is 2.85. The summed E-state index contributed by atoms with van der Waals surface area (Å²) in [4.78, 5) is 2.17. The molecule has 0 amide bonds. The molecule has 1 aromatic heterocycles. The summed E-state index contributed by atoms with van der Waals surface area (Å²) in [6.45, 7) is 6.52. The highest BCUT2D eigenvalue weighted by Crippen LogP contribution is 2.58. The number of likely N-dealkylation sites (N-methyl/N-ethyl adjacent to an activating group) is 1. The van der Waals surface area contributed by atoms with Gasteiger partial charge in [-0.3, -0.25) is 4.68 Å². The lowest BCUT2D eigenvalue weighted by molar-refractivity contribution is 0.342. The number of nitrogens with zero attached hydrogens (tertiary/aromatic N) is 3. The molecule has 114 valence electrons. The molecule has 0 radical (unpaired) electrons. The molecule has 2 atom stereocenters. The van der Waals surface area contributed by atoms with Crippen LogP contribution in [0.2, 0.25) is 0 Å². The third kappa shape index (κ3) is 2.99. The predicted octanol–water partition coefficient (Wildman–Crippen LogP) is 1.76. The van der Waals surface area contributed by atoms with E-state index >= 15 is 0 Å². The van der Waals surface area contributed by atoms with Crippen LogP contribution >= 0.6 is 0 Å². The Morgan fingerprint density at radius 2 is 2.20 bits per heavy atom. The number of aromatic nitrogens is 2. The van der Waals surface area contributed by atoms with Gasteiger partial charge in [-0.25, -0.2) is 0 Å². The molecule has 0 aromatic carbocycles. The van der Waals surface area contributed by atoms with Crippen molar-refractivity contribution in [3.63, 3.8) is 0 Å². The SMILES string of the molecule is CNC(c1c(OC)cnn1CCN(C)C)C1CC1(C)C. The zero-order valence-electron chi connectivity index (χ0n) is 13.6. The molecule has 1 N–H and O–H groups in total. The van der Waals surface area contributed by atoms with Gasteiger partial charge in [0.15, 0.2) is 5.75 Å². The van der Waals surface area contributed by atoms with Gasteiger partial charge in [-0.05, 0) is 38.9 Å². The van der Waals surface area contributed by atoms with Gasteiger partial charge in [-0.15, -0.1) is 0 Å². The Morgan fingerprint density at radius 3 is 2.65 bits per heavy atom. The zero-order valence-corrected chi connectivity index (χ0v) is 13.6. The molecule has 0 saturated heterocycles. The molecule has 2 unspecified atom stereocenters. The van der Waals surface area contributed by atoms with Crippen LogP contribution < -0.4 is 10.1 Å². The summed E-state index contributed by atoms with van der Waals surface area (Å²) in [5.41, 5.74) is 1.60. The normalized spacial score (nSPS) is 22.1. The summed E-state index contributed by atoms with van der Waals surface area (Å²) >= 11 is 0. The summed E-state index contributed by atoms with van der Waals surface area (Å²) in [7, 11) is 7.92. The third-order valence-electron chi connectivity index (χ3n) is 4.42. The van der Waals surface area contributed by atoms with E-state index in [1.807, 2.05) is 13.2 Å². The van der Waals surface area contributed by atoms with Crippen LogP contribution in [0.25, 0.3) is 0 Å². The molecule has 0 spiro atoms. The fraction of sp³-hybridized carbons (Fsp3) is 0.800. The zero-order chi connectivity index (χ0) is 14.9. The minimum Gasteiger partial charge on any atom is -0.493 e. The molecule has 1 aromatic rings. The van der Waals surface area contributed by atoms with Gasteiger partial charge in [0.1, 0.15) is 0 Å². The van der Waals surface area contributed by atoms with Crippen molar-refractivity contribution >= 4 is 0 Å². The lowest BCUT2D eigenvalue weighted by atomic mass is 10.0. The molecule has 1 saturated carbocycles. The number of nitrogens with one attached hydrogen (secondary N) is 1. The van der Waals surface area contributed by atoms with Gasteiger partial charge in [-0.2, -0.15) is 5.10 Å². The Hall–Kier alpha value is -1.07. The summed E-state index contributed by atoms with van der Waals surface area (Å²) < 4.78 is 7.62. The topological polar surface area (TPSA) is 42.3 Å². The second-order valence-electron chi connectivity index (χ2n) is 6.69. The molecular formula is C15H28N4O. The van der Waals surface area contributed by atoms with E-state index in [1.54, 1.807) is 7.11 Å². The lowest BCUT2D eigenvalue weighted by Gasteiger charge is -2.21. The monoisotopic (exact) mass is 280 g/mol. The van der Waals surface area contributed by atoms with E-state index in [4.69, 9.17) is 4.74 Å². The van der Waals surface area contributed by atoms with Crippen LogP contribution in [-0.4, -0.2) is 49.5 Å². The first-order chi connectivity index (χ1) is 9.40. The number of methoxy groups -OCH3 is 1. The molecule has 5 heteroatoms. The largest absolute Gasteiger partial charge is 0.493 e. The van der Waals surface area contributed by atoms with Crippen molar-refractivity contribution < 1.29 is 4.74 Å². The molecule has 1 aliphatic rings. The minimum atomic E-state index is 0.310. The van der Waals surface area contributed by atoms with Gasteiger partial charge >= 0.3 is 0 Å². The van der Waals surface area contributed by atoms with Crippen molar-refractivity contribution in [3.05, 3.63) is 11.9 Å². The van der Waals surface area contributed by atoms with E-state index in [9.17, 15) is 0 Å². The van der Waals surface area contributed by atoms with Crippen LogP contribution in [-0.2, 0) is 6.54 Å². The van der Waals surface area contributed by atoms with Crippen molar-refractivity contribution in [2.75, 3.05) is 34.8 Å². The van der Waals surface area contributed by atoms with Crippen LogP contribution in [0.1, 0.15) is 32.0 Å². The quantitative estimate of drug-likeness (QED) is 0.826. The molecule has 0 bridgehead atoms. The molecular weight excluding hydrogens is 252 g/mol. The van der Waals surface area contributed by atoms with Crippen molar-refractivity contribution in [2.45, 2.75) is 32.9 Å². The van der Waals surface area contributed by atoms with Gasteiger partial charge in [-0.1, -0.05) is 13.8 Å². The molecule has 2 rings (SSSR count). The van der Waals surface area contributed by atoms with Gasteiger partial charge in [0.25, 0.3) is 0 Å². The molecule has 1 aliphatic carbocycles. The fourth-order valence-corrected chi connectivity index (χ4v) is 2.93. The minimum absolute atomic E-state index is 0.310.